The molecule has 0 bridgehead atoms. The first-order valence-electron chi connectivity index (χ1n) is 5.80. The molecule has 0 aliphatic carbocycles. The first kappa shape index (κ1) is 15.4. The zero-order valence-corrected chi connectivity index (χ0v) is 14.8. The minimum absolute atomic E-state index is 0.344. The topological polar surface area (TPSA) is 38.7 Å². The van der Waals surface area contributed by atoms with Crippen molar-refractivity contribution >= 4 is 73.0 Å². The van der Waals surface area contributed by atoms with Gasteiger partial charge in [0.05, 0.1) is 0 Å². The van der Waals surface area contributed by atoms with Crippen molar-refractivity contribution < 1.29 is 0 Å². The normalized spacial score (nSPS) is 11.0. The lowest BCUT2D eigenvalue weighted by Crippen LogP contribution is -1.93. The van der Waals surface area contributed by atoms with E-state index in [-0.39, 0.29) is 0 Å². The van der Waals surface area contributed by atoms with Gasteiger partial charge in [-0.2, -0.15) is 15.0 Å². The second kappa shape index (κ2) is 6.29. The van der Waals surface area contributed by atoms with Crippen LogP contribution in [0.5, 0.6) is 0 Å². The monoisotopic (exact) mass is 367 g/mol. The summed E-state index contributed by atoms with van der Waals surface area (Å²) in [6.07, 6.45) is 0. The van der Waals surface area contributed by atoms with Crippen LogP contribution >= 0.6 is 62.3 Å². The molecule has 0 unspecified atom stereocenters. The fourth-order valence-corrected chi connectivity index (χ4v) is 3.95. The summed E-state index contributed by atoms with van der Waals surface area (Å²) in [6, 6.07) is 9.93. The van der Waals surface area contributed by atoms with Gasteiger partial charge < -0.3 is 0 Å². The average molecular weight is 368 g/mol. The van der Waals surface area contributed by atoms with Gasteiger partial charge in [-0.25, -0.2) is 0 Å². The molecular formula is C13H9N3S5. The average Bonchev–Trinajstić information content (AvgIpc) is 2.41. The zero-order valence-electron chi connectivity index (χ0n) is 10.4. The lowest BCUT2D eigenvalue weighted by atomic mass is 10.1. The third kappa shape index (κ3) is 3.29. The van der Waals surface area contributed by atoms with E-state index in [1.54, 1.807) is 0 Å². The molecule has 1 heterocycles. The summed E-state index contributed by atoms with van der Waals surface area (Å²) in [4.78, 5) is 15.0. The highest BCUT2D eigenvalue weighted by Crippen LogP contribution is 2.37. The molecular weight excluding hydrogens is 358 g/mol. The summed E-state index contributed by atoms with van der Waals surface area (Å²) >= 11 is 18.8. The van der Waals surface area contributed by atoms with Crippen LogP contribution < -0.4 is 0 Å². The molecule has 1 aromatic heterocycles. The highest BCUT2D eigenvalue weighted by molar-refractivity contribution is 7.99. The Morgan fingerprint density at radius 1 is 0.762 bits per heavy atom. The van der Waals surface area contributed by atoms with Gasteiger partial charge in [-0.05, 0) is 34.7 Å². The molecule has 0 radical (unpaired) electrons. The van der Waals surface area contributed by atoms with E-state index in [1.165, 1.54) is 11.8 Å². The second-order valence-electron chi connectivity index (χ2n) is 4.10. The molecule has 0 aliphatic rings. The minimum Gasteiger partial charge on any atom is -0.197 e. The molecule has 0 amide bonds. The third-order valence-electron chi connectivity index (χ3n) is 2.77. The Morgan fingerprint density at radius 2 is 1.48 bits per heavy atom. The largest absolute Gasteiger partial charge is 0.197 e. The molecule has 8 heteroatoms. The molecule has 3 aromatic rings. The van der Waals surface area contributed by atoms with Crippen molar-refractivity contribution in [3.05, 3.63) is 30.3 Å². The molecule has 3 rings (SSSR count). The molecule has 0 saturated heterocycles. The number of nitrogens with zero attached hydrogens (tertiary/aromatic N) is 3. The van der Waals surface area contributed by atoms with Crippen molar-refractivity contribution in [2.45, 2.75) is 30.2 Å². The Bertz CT molecular complexity index is 817. The van der Waals surface area contributed by atoms with Crippen LogP contribution in [-0.4, -0.2) is 15.0 Å². The van der Waals surface area contributed by atoms with Crippen LogP contribution in [0.15, 0.2) is 60.5 Å². The molecule has 3 nitrogen and oxygen atoms in total. The van der Waals surface area contributed by atoms with Crippen molar-refractivity contribution in [3.8, 4) is 0 Å². The fourth-order valence-electron chi connectivity index (χ4n) is 1.87. The van der Waals surface area contributed by atoms with Crippen LogP contribution in [0.3, 0.4) is 0 Å². The highest BCUT2D eigenvalue weighted by atomic mass is 32.2. The summed E-state index contributed by atoms with van der Waals surface area (Å²) in [6.45, 7) is 0. The number of thiol groups is 4. The quantitative estimate of drug-likeness (QED) is 0.509. The van der Waals surface area contributed by atoms with Gasteiger partial charge in [0.2, 0.25) is 0 Å². The van der Waals surface area contributed by atoms with Crippen LogP contribution in [0.4, 0.5) is 0 Å². The van der Waals surface area contributed by atoms with E-state index < -0.39 is 0 Å². The molecule has 106 valence electrons. The SMILES string of the molecule is Sc1nc(S)nc(Sc2ccc3c(S)cccc3c2S)n1. The van der Waals surface area contributed by atoms with Gasteiger partial charge in [0.1, 0.15) is 0 Å². The number of benzene rings is 2. The van der Waals surface area contributed by atoms with Gasteiger partial charge in [0.15, 0.2) is 15.5 Å². The van der Waals surface area contributed by atoms with Gasteiger partial charge in [0, 0.05) is 14.7 Å². The Hall–Kier alpha value is -0.540. The van der Waals surface area contributed by atoms with E-state index in [2.05, 4.69) is 65.5 Å². The molecule has 0 saturated carbocycles. The zero-order chi connectivity index (χ0) is 15.0. The summed E-state index contributed by atoms with van der Waals surface area (Å²) in [7, 11) is 0. The second-order valence-corrected chi connectivity index (χ2v) is 6.84. The number of rotatable bonds is 2. The van der Waals surface area contributed by atoms with Crippen molar-refractivity contribution in [2.75, 3.05) is 0 Å². The Labute approximate surface area is 148 Å². The van der Waals surface area contributed by atoms with Gasteiger partial charge in [-0.15, -0.1) is 50.5 Å². The first-order valence-corrected chi connectivity index (χ1v) is 8.40. The maximum atomic E-state index is 4.63. The van der Waals surface area contributed by atoms with Crippen LogP contribution in [0.2, 0.25) is 0 Å². The molecule has 0 aliphatic heterocycles. The number of aromatic nitrogens is 3. The maximum absolute atomic E-state index is 4.63. The van der Waals surface area contributed by atoms with Crippen LogP contribution in [0.1, 0.15) is 0 Å². The van der Waals surface area contributed by atoms with E-state index in [0.29, 0.717) is 15.5 Å². The van der Waals surface area contributed by atoms with E-state index in [1.807, 2.05) is 30.3 Å². The van der Waals surface area contributed by atoms with Crippen LogP contribution in [0, 0.1) is 0 Å². The van der Waals surface area contributed by atoms with Gasteiger partial charge >= 0.3 is 0 Å². The Kier molecular flexibility index (Phi) is 4.60. The van der Waals surface area contributed by atoms with E-state index >= 15 is 0 Å². The van der Waals surface area contributed by atoms with E-state index in [9.17, 15) is 0 Å². The van der Waals surface area contributed by atoms with Crippen molar-refractivity contribution in [1.82, 2.24) is 15.0 Å². The predicted octanol–water partition coefficient (Wildman–Crippen LogP) is 4.33. The Morgan fingerprint density at radius 3 is 2.19 bits per heavy atom. The van der Waals surface area contributed by atoms with Crippen molar-refractivity contribution in [1.29, 1.82) is 0 Å². The standard InChI is InChI=1S/C13H9N3S5/c17-8-3-1-2-7-6(8)4-5-9(10(7)18)21-13-15-11(19)14-12(20)16-13/h1-5,17-18H,(H2,14,15,16,19,20). The first-order chi connectivity index (χ1) is 10.0. The van der Waals surface area contributed by atoms with Crippen LogP contribution in [-0.2, 0) is 0 Å². The van der Waals surface area contributed by atoms with Crippen molar-refractivity contribution in [2.24, 2.45) is 0 Å². The molecule has 0 N–H and O–H groups in total. The summed E-state index contributed by atoms with van der Waals surface area (Å²) in [5.74, 6) is 0. The maximum Gasteiger partial charge on any atom is 0.197 e. The number of hydrogen-bond acceptors (Lipinski definition) is 8. The van der Waals surface area contributed by atoms with Gasteiger partial charge in [-0.1, -0.05) is 18.2 Å². The summed E-state index contributed by atoms with van der Waals surface area (Å²) in [5, 5.41) is 3.34. The fraction of sp³-hybridized carbons (Fsp3) is 0. The third-order valence-corrected chi connectivity index (χ3v) is 5.11. The number of hydrogen-bond donors (Lipinski definition) is 4. The van der Waals surface area contributed by atoms with Crippen molar-refractivity contribution in [3.63, 3.8) is 0 Å². The van der Waals surface area contributed by atoms with Gasteiger partial charge in [-0.3, -0.25) is 0 Å². The molecule has 2 aromatic carbocycles. The smallest absolute Gasteiger partial charge is 0.197 e. The Balaban J connectivity index is 2.07. The summed E-state index contributed by atoms with van der Waals surface area (Å²) < 4.78 is 0. The lowest BCUT2D eigenvalue weighted by Gasteiger charge is -2.09. The molecule has 0 fully saturated rings. The highest BCUT2D eigenvalue weighted by Gasteiger charge is 2.10. The number of fused-ring (bicyclic) bond motifs is 1. The van der Waals surface area contributed by atoms with E-state index in [0.717, 1.165) is 25.5 Å². The molecule has 21 heavy (non-hydrogen) atoms. The molecule has 0 spiro atoms. The van der Waals surface area contributed by atoms with Crippen LogP contribution in [0.25, 0.3) is 10.8 Å². The predicted molar refractivity (Wildman–Crippen MR) is 96.9 cm³/mol. The summed E-state index contributed by atoms with van der Waals surface area (Å²) in [5.41, 5.74) is 0. The van der Waals surface area contributed by atoms with Gasteiger partial charge in [0.25, 0.3) is 0 Å². The van der Waals surface area contributed by atoms with E-state index in [4.69, 9.17) is 0 Å². The lowest BCUT2D eigenvalue weighted by molar-refractivity contribution is 0.722. The molecule has 0 atom stereocenters. The minimum atomic E-state index is 0.344.